The summed E-state index contributed by atoms with van der Waals surface area (Å²) in [5.41, 5.74) is 1.31. The SMILES string of the molecule is O=C(O)C(c1ccc(Cl)c2cccnc12)N1CCOCC1. The fourth-order valence-corrected chi connectivity index (χ4v) is 2.92. The Bertz CT molecular complexity index is 671. The highest BCUT2D eigenvalue weighted by Crippen LogP contribution is 2.31. The summed E-state index contributed by atoms with van der Waals surface area (Å²) in [7, 11) is 0. The normalized spacial score (nSPS) is 17.8. The van der Waals surface area contributed by atoms with Gasteiger partial charge in [0.05, 0.1) is 18.7 Å². The van der Waals surface area contributed by atoms with E-state index in [0.717, 1.165) is 5.39 Å². The number of hydrogen-bond donors (Lipinski definition) is 1. The molecule has 1 aromatic heterocycles. The first-order chi connectivity index (χ1) is 10.2. The molecule has 0 amide bonds. The number of ether oxygens (including phenoxy) is 1. The van der Waals surface area contributed by atoms with Gasteiger partial charge in [0.15, 0.2) is 0 Å². The molecule has 1 aromatic carbocycles. The Labute approximate surface area is 127 Å². The summed E-state index contributed by atoms with van der Waals surface area (Å²) in [5.74, 6) is -0.883. The minimum absolute atomic E-state index is 0.544. The van der Waals surface area contributed by atoms with Crippen molar-refractivity contribution in [2.75, 3.05) is 26.3 Å². The number of carboxylic acid groups (broad SMARTS) is 1. The summed E-state index contributed by atoms with van der Waals surface area (Å²) in [4.78, 5) is 18.0. The van der Waals surface area contributed by atoms with E-state index in [1.54, 1.807) is 24.4 Å². The second kappa shape index (κ2) is 5.97. The van der Waals surface area contributed by atoms with Crippen LogP contribution in [-0.2, 0) is 9.53 Å². The second-order valence-corrected chi connectivity index (χ2v) is 5.33. The molecular formula is C15H15ClN2O3. The average molecular weight is 307 g/mol. The number of aliphatic carboxylic acids is 1. The zero-order valence-electron chi connectivity index (χ0n) is 11.3. The van der Waals surface area contributed by atoms with Gasteiger partial charge in [-0.05, 0) is 18.2 Å². The number of pyridine rings is 1. The fourth-order valence-electron chi connectivity index (χ4n) is 2.70. The van der Waals surface area contributed by atoms with E-state index in [9.17, 15) is 9.90 Å². The van der Waals surface area contributed by atoms with Crippen LogP contribution in [0.4, 0.5) is 0 Å². The van der Waals surface area contributed by atoms with Gasteiger partial charge < -0.3 is 9.84 Å². The van der Waals surface area contributed by atoms with Crippen molar-refractivity contribution >= 4 is 28.5 Å². The van der Waals surface area contributed by atoms with E-state index >= 15 is 0 Å². The third kappa shape index (κ3) is 2.72. The number of morpholine rings is 1. The topological polar surface area (TPSA) is 62.7 Å². The lowest BCUT2D eigenvalue weighted by Gasteiger charge is -2.32. The Hall–Kier alpha value is -1.69. The number of rotatable bonds is 3. The van der Waals surface area contributed by atoms with Crippen LogP contribution in [0.1, 0.15) is 11.6 Å². The Balaban J connectivity index is 2.11. The van der Waals surface area contributed by atoms with Gasteiger partial charge in [-0.2, -0.15) is 0 Å². The van der Waals surface area contributed by atoms with Gasteiger partial charge in [-0.25, -0.2) is 0 Å². The Morgan fingerprint density at radius 1 is 1.33 bits per heavy atom. The third-order valence-electron chi connectivity index (χ3n) is 3.69. The molecule has 0 saturated carbocycles. The molecule has 1 fully saturated rings. The maximum Gasteiger partial charge on any atom is 0.325 e. The molecule has 0 bridgehead atoms. The predicted molar refractivity (Wildman–Crippen MR) is 79.5 cm³/mol. The third-order valence-corrected chi connectivity index (χ3v) is 4.02. The summed E-state index contributed by atoms with van der Waals surface area (Å²) in [6.45, 7) is 2.27. The molecule has 1 N–H and O–H groups in total. The van der Waals surface area contributed by atoms with Crippen LogP contribution in [0.25, 0.3) is 10.9 Å². The number of nitrogens with zero attached hydrogens (tertiary/aromatic N) is 2. The van der Waals surface area contributed by atoms with Crippen molar-refractivity contribution in [1.82, 2.24) is 9.88 Å². The number of halogens is 1. The first kappa shape index (κ1) is 14.3. The van der Waals surface area contributed by atoms with Gasteiger partial charge in [-0.1, -0.05) is 17.7 Å². The lowest BCUT2D eigenvalue weighted by atomic mass is 10.0. The molecular weight excluding hydrogens is 292 g/mol. The quantitative estimate of drug-likeness (QED) is 0.943. The van der Waals surface area contributed by atoms with Crippen LogP contribution in [0, 0.1) is 0 Å². The van der Waals surface area contributed by atoms with Crippen LogP contribution in [0.2, 0.25) is 5.02 Å². The smallest absolute Gasteiger partial charge is 0.325 e. The highest BCUT2D eigenvalue weighted by atomic mass is 35.5. The first-order valence-electron chi connectivity index (χ1n) is 6.76. The van der Waals surface area contributed by atoms with Gasteiger partial charge in [0.25, 0.3) is 0 Å². The molecule has 1 saturated heterocycles. The first-order valence-corrected chi connectivity index (χ1v) is 7.14. The molecule has 1 aliphatic heterocycles. The highest BCUT2D eigenvalue weighted by Gasteiger charge is 2.30. The Morgan fingerprint density at radius 2 is 2.10 bits per heavy atom. The van der Waals surface area contributed by atoms with Crippen molar-refractivity contribution in [3.05, 3.63) is 41.0 Å². The van der Waals surface area contributed by atoms with Crippen molar-refractivity contribution in [2.24, 2.45) is 0 Å². The molecule has 1 atom stereocenters. The molecule has 2 aromatic rings. The van der Waals surface area contributed by atoms with Crippen molar-refractivity contribution in [1.29, 1.82) is 0 Å². The maximum atomic E-state index is 11.8. The number of hydrogen-bond acceptors (Lipinski definition) is 4. The van der Waals surface area contributed by atoms with E-state index < -0.39 is 12.0 Å². The molecule has 1 unspecified atom stereocenters. The molecule has 21 heavy (non-hydrogen) atoms. The second-order valence-electron chi connectivity index (χ2n) is 4.93. The highest BCUT2D eigenvalue weighted by molar-refractivity contribution is 6.35. The van der Waals surface area contributed by atoms with Crippen molar-refractivity contribution < 1.29 is 14.6 Å². The lowest BCUT2D eigenvalue weighted by molar-refractivity contribution is -0.145. The molecule has 3 rings (SSSR count). The van der Waals surface area contributed by atoms with Crippen molar-refractivity contribution in [2.45, 2.75) is 6.04 Å². The number of carbonyl (C=O) groups is 1. The summed E-state index contributed by atoms with van der Waals surface area (Å²) in [6, 6.07) is 6.40. The van der Waals surface area contributed by atoms with Crippen LogP contribution >= 0.6 is 11.6 Å². The van der Waals surface area contributed by atoms with Gasteiger partial charge in [0, 0.05) is 35.3 Å². The molecule has 2 heterocycles. The molecule has 0 aliphatic carbocycles. The summed E-state index contributed by atoms with van der Waals surface area (Å²) in [6.07, 6.45) is 1.65. The van der Waals surface area contributed by atoms with E-state index in [1.165, 1.54) is 0 Å². The van der Waals surface area contributed by atoms with E-state index in [1.807, 2.05) is 11.0 Å². The summed E-state index contributed by atoms with van der Waals surface area (Å²) < 4.78 is 5.30. The molecule has 6 heteroatoms. The summed E-state index contributed by atoms with van der Waals surface area (Å²) >= 11 is 6.18. The maximum absolute atomic E-state index is 11.8. The minimum Gasteiger partial charge on any atom is -0.480 e. The monoisotopic (exact) mass is 306 g/mol. The lowest BCUT2D eigenvalue weighted by Crippen LogP contribution is -2.42. The van der Waals surface area contributed by atoms with Crippen LogP contribution < -0.4 is 0 Å². The predicted octanol–water partition coefficient (Wildman–Crippen LogP) is 2.35. The molecule has 110 valence electrons. The van der Waals surface area contributed by atoms with E-state index in [2.05, 4.69) is 4.98 Å². The Morgan fingerprint density at radius 3 is 2.81 bits per heavy atom. The fraction of sp³-hybridized carbons (Fsp3) is 0.333. The van der Waals surface area contributed by atoms with Crippen molar-refractivity contribution in [3.63, 3.8) is 0 Å². The standard InChI is InChI=1S/C15H15ClN2O3/c16-12-4-3-11(13-10(12)2-1-5-17-13)14(15(19)20)18-6-8-21-9-7-18/h1-5,14H,6-9H2,(H,19,20). The van der Waals surface area contributed by atoms with Gasteiger partial charge >= 0.3 is 5.97 Å². The zero-order valence-corrected chi connectivity index (χ0v) is 12.1. The summed E-state index contributed by atoms with van der Waals surface area (Å²) in [5, 5.41) is 11.0. The molecule has 0 spiro atoms. The average Bonchev–Trinajstić information content (AvgIpc) is 2.51. The Kier molecular flexibility index (Phi) is 4.05. The number of carboxylic acids is 1. The number of fused-ring (bicyclic) bond motifs is 1. The van der Waals surface area contributed by atoms with Gasteiger partial charge in [0.2, 0.25) is 0 Å². The molecule has 0 radical (unpaired) electrons. The number of aromatic nitrogens is 1. The van der Waals surface area contributed by atoms with Crippen LogP contribution in [0.3, 0.4) is 0 Å². The van der Waals surface area contributed by atoms with Crippen LogP contribution in [0.5, 0.6) is 0 Å². The minimum atomic E-state index is -0.883. The number of benzene rings is 1. The van der Waals surface area contributed by atoms with Gasteiger partial charge in [-0.15, -0.1) is 0 Å². The van der Waals surface area contributed by atoms with Crippen molar-refractivity contribution in [3.8, 4) is 0 Å². The zero-order chi connectivity index (χ0) is 14.8. The largest absolute Gasteiger partial charge is 0.480 e. The van der Waals surface area contributed by atoms with Gasteiger partial charge in [-0.3, -0.25) is 14.7 Å². The van der Waals surface area contributed by atoms with Crippen LogP contribution in [0.15, 0.2) is 30.5 Å². The van der Waals surface area contributed by atoms with E-state index in [-0.39, 0.29) is 0 Å². The van der Waals surface area contributed by atoms with Gasteiger partial charge in [0.1, 0.15) is 6.04 Å². The molecule has 5 nitrogen and oxygen atoms in total. The van der Waals surface area contributed by atoms with E-state index in [0.29, 0.717) is 42.4 Å². The van der Waals surface area contributed by atoms with E-state index in [4.69, 9.17) is 16.3 Å². The molecule has 1 aliphatic rings. The van der Waals surface area contributed by atoms with Crippen LogP contribution in [-0.4, -0.2) is 47.3 Å².